The van der Waals surface area contributed by atoms with Gasteiger partial charge < -0.3 is 13.8 Å². The second kappa shape index (κ2) is 7.11. The lowest BCUT2D eigenvalue weighted by atomic mass is 9.96. The molecule has 0 N–H and O–H groups in total. The second-order valence-corrected chi connectivity index (χ2v) is 6.54. The standard InChI is InChI=1S/C19H20N4O3/c1-13-20-21-19(25-13)15-7-9-23(10-8-15)18(24)12-16-11-17(26-22-16)14-5-3-2-4-6-14/h2-6,11,15H,7-10,12H2,1H3. The normalized spacial score (nSPS) is 15.3. The molecule has 3 aromatic rings. The van der Waals surface area contributed by atoms with Gasteiger partial charge in [0.15, 0.2) is 5.76 Å². The molecule has 4 rings (SSSR count). The first kappa shape index (κ1) is 16.5. The summed E-state index contributed by atoms with van der Waals surface area (Å²) >= 11 is 0. The number of aromatic nitrogens is 3. The molecule has 7 heteroatoms. The van der Waals surface area contributed by atoms with Gasteiger partial charge in [-0.15, -0.1) is 10.2 Å². The molecule has 0 atom stereocenters. The van der Waals surface area contributed by atoms with Gasteiger partial charge in [0.2, 0.25) is 17.7 Å². The number of rotatable bonds is 4. The van der Waals surface area contributed by atoms with Gasteiger partial charge in [-0.1, -0.05) is 35.5 Å². The molecule has 1 aromatic carbocycles. The third-order valence-corrected chi connectivity index (χ3v) is 4.69. The lowest BCUT2D eigenvalue weighted by Gasteiger charge is -2.30. The van der Waals surface area contributed by atoms with Crippen LogP contribution < -0.4 is 0 Å². The maximum absolute atomic E-state index is 12.6. The SMILES string of the molecule is Cc1nnc(C2CCN(C(=O)Cc3cc(-c4ccccc4)on3)CC2)o1. The van der Waals surface area contributed by atoms with Crippen molar-refractivity contribution in [2.24, 2.45) is 0 Å². The van der Waals surface area contributed by atoms with Gasteiger partial charge in [0, 0.05) is 37.6 Å². The Balaban J connectivity index is 1.34. The maximum atomic E-state index is 12.6. The van der Waals surface area contributed by atoms with Crippen molar-refractivity contribution in [2.75, 3.05) is 13.1 Å². The van der Waals surface area contributed by atoms with E-state index in [9.17, 15) is 4.79 Å². The van der Waals surface area contributed by atoms with E-state index in [4.69, 9.17) is 8.94 Å². The van der Waals surface area contributed by atoms with Gasteiger partial charge >= 0.3 is 0 Å². The molecule has 134 valence electrons. The van der Waals surface area contributed by atoms with Crippen LogP contribution in [0.2, 0.25) is 0 Å². The van der Waals surface area contributed by atoms with Crippen molar-refractivity contribution in [1.82, 2.24) is 20.3 Å². The summed E-state index contributed by atoms with van der Waals surface area (Å²) in [4.78, 5) is 14.4. The largest absolute Gasteiger partial charge is 0.425 e. The van der Waals surface area contributed by atoms with Crippen LogP contribution in [0.1, 0.15) is 36.2 Å². The van der Waals surface area contributed by atoms with Crippen molar-refractivity contribution >= 4 is 5.91 Å². The Morgan fingerprint density at radius 3 is 2.65 bits per heavy atom. The Labute approximate surface area is 151 Å². The summed E-state index contributed by atoms with van der Waals surface area (Å²) in [5.74, 6) is 2.24. The van der Waals surface area contributed by atoms with Crippen LogP contribution in [0, 0.1) is 6.92 Å². The first-order chi connectivity index (χ1) is 12.7. The van der Waals surface area contributed by atoms with Crippen LogP contribution in [0.3, 0.4) is 0 Å². The van der Waals surface area contributed by atoms with E-state index < -0.39 is 0 Å². The van der Waals surface area contributed by atoms with Crippen molar-refractivity contribution in [3.8, 4) is 11.3 Å². The fourth-order valence-corrected chi connectivity index (χ4v) is 3.25. The van der Waals surface area contributed by atoms with Crippen LogP contribution in [-0.2, 0) is 11.2 Å². The Kier molecular flexibility index (Phi) is 4.51. The lowest BCUT2D eigenvalue weighted by molar-refractivity contribution is -0.131. The molecule has 1 aliphatic heterocycles. The van der Waals surface area contributed by atoms with E-state index in [2.05, 4.69) is 15.4 Å². The number of carbonyl (C=O) groups is 1. The molecule has 1 fully saturated rings. The maximum Gasteiger partial charge on any atom is 0.228 e. The van der Waals surface area contributed by atoms with E-state index in [1.807, 2.05) is 41.3 Å². The summed E-state index contributed by atoms with van der Waals surface area (Å²) in [5, 5.41) is 12.0. The zero-order chi connectivity index (χ0) is 17.9. The summed E-state index contributed by atoms with van der Waals surface area (Å²) < 4.78 is 10.9. The summed E-state index contributed by atoms with van der Waals surface area (Å²) in [6.07, 6.45) is 1.92. The number of hydrogen-bond acceptors (Lipinski definition) is 6. The number of aryl methyl sites for hydroxylation is 1. The predicted octanol–water partition coefficient (Wildman–Crippen LogP) is 2.98. The molecule has 3 heterocycles. The molecule has 7 nitrogen and oxygen atoms in total. The van der Waals surface area contributed by atoms with Crippen LogP contribution in [0.4, 0.5) is 0 Å². The van der Waals surface area contributed by atoms with Crippen molar-refractivity contribution in [3.63, 3.8) is 0 Å². The smallest absolute Gasteiger partial charge is 0.228 e. The fourth-order valence-electron chi connectivity index (χ4n) is 3.25. The number of hydrogen-bond donors (Lipinski definition) is 0. The summed E-state index contributed by atoms with van der Waals surface area (Å²) in [5.41, 5.74) is 1.61. The van der Waals surface area contributed by atoms with E-state index in [0.717, 1.165) is 18.4 Å². The van der Waals surface area contributed by atoms with Gasteiger partial charge in [-0.3, -0.25) is 4.79 Å². The van der Waals surface area contributed by atoms with E-state index in [1.165, 1.54) is 0 Å². The minimum atomic E-state index is 0.0677. The Morgan fingerprint density at radius 2 is 1.96 bits per heavy atom. The van der Waals surface area contributed by atoms with Crippen LogP contribution in [-0.4, -0.2) is 39.3 Å². The molecule has 0 radical (unpaired) electrons. The first-order valence-corrected chi connectivity index (χ1v) is 8.78. The number of piperidine rings is 1. The average molecular weight is 352 g/mol. The summed E-state index contributed by atoms with van der Waals surface area (Å²) in [6.45, 7) is 3.17. The molecule has 0 saturated carbocycles. The molecule has 2 aromatic heterocycles. The lowest BCUT2D eigenvalue weighted by Crippen LogP contribution is -2.38. The fraction of sp³-hybridized carbons (Fsp3) is 0.368. The van der Waals surface area contributed by atoms with Gasteiger partial charge in [0.25, 0.3) is 0 Å². The molecule has 1 aliphatic rings. The minimum Gasteiger partial charge on any atom is -0.425 e. The zero-order valence-corrected chi connectivity index (χ0v) is 14.6. The molecule has 0 spiro atoms. The van der Waals surface area contributed by atoms with E-state index in [0.29, 0.717) is 36.3 Å². The highest BCUT2D eigenvalue weighted by Gasteiger charge is 2.27. The molecule has 0 bridgehead atoms. The third-order valence-electron chi connectivity index (χ3n) is 4.69. The van der Waals surface area contributed by atoms with Crippen molar-refractivity contribution < 1.29 is 13.7 Å². The summed E-state index contributed by atoms with van der Waals surface area (Å²) in [7, 11) is 0. The minimum absolute atomic E-state index is 0.0677. The summed E-state index contributed by atoms with van der Waals surface area (Å²) in [6, 6.07) is 11.6. The van der Waals surface area contributed by atoms with Gasteiger partial charge in [-0.2, -0.15) is 0 Å². The van der Waals surface area contributed by atoms with E-state index in [-0.39, 0.29) is 18.2 Å². The number of amides is 1. The van der Waals surface area contributed by atoms with Gasteiger partial charge in [0.1, 0.15) is 0 Å². The molecular formula is C19H20N4O3. The molecule has 1 saturated heterocycles. The predicted molar refractivity (Wildman–Crippen MR) is 93.2 cm³/mol. The number of likely N-dealkylation sites (tertiary alicyclic amines) is 1. The highest BCUT2D eigenvalue weighted by Crippen LogP contribution is 2.27. The van der Waals surface area contributed by atoms with Gasteiger partial charge in [0.05, 0.1) is 12.1 Å². The Morgan fingerprint density at radius 1 is 1.19 bits per heavy atom. The number of carbonyl (C=O) groups excluding carboxylic acids is 1. The van der Waals surface area contributed by atoms with Crippen LogP contribution in [0.25, 0.3) is 11.3 Å². The van der Waals surface area contributed by atoms with Gasteiger partial charge in [-0.05, 0) is 12.8 Å². The van der Waals surface area contributed by atoms with E-state index >= 15 is 0 Å². The highest BCUT2D eigenvalue weighted by molar-refractivity contribution is 5.78. The van der Waals surface area contributed by atoms with E-state index in [1.54, 1.807) is 6.92 Å². The second-order valence-electron chi connectivity index (χ2n) is 6.54. The Bertz CT molecular complexity index is 879. The Hall–Kier alpha value is -2.96. The van der Waals surface area contributed by atoms with Gasteiger partial charge in [-0.25, -0.2) is 0 Å². The quantitative estimate of drug-likeness (QED) is 0.717. The molecule has 0 unspecified atom stereocenters. The highest BCUT2D eigenvalue weighted by atomic mass is 16.5. The van der Waals surface area contributed by atoms with Crippen molar-refractivity contribution in [1.29, 1.82) is 0 Å². The van der Waals surface area contributed by atoms with Crippen LogP contribution >= 0.6 is 0 Å². The van der Waals surface area contributed by atoms with Crippen molar-refractivity contribution in [3.05, 3.63) is 53.9 Å². The molecular weight excluding hydrogens is 332 g/mol. The first-order valence-electron chi connectivity index (χ1n) is 8.78. The third kappa shape index (κ3) is 3.51. The molecule has 0 aliphatic carbocycles. The topological polar surface area (TPSA) is 85.3 Å². The monoisotopic (exact) mass is 352 g/mol. The number of nitrogens with zero attached hydrogens (tertiary/aromatic N) is 4. The average Bonchev–Trinajstić information content (AvgIpc) is 3.32. The molecule has 1 amide bonds. The molecule has 26 heavy (non-hydrogen) atoms. The van der Waals surface area contributed by atoms with Crippen LogP contribution in [0.15, 0.2) is 45.3 Å². The number of benzene rings is 1. The van der Waals surface area contributed by atoms with Crippen molar-refractivity contribution in [2.45, 2.75) is 32.1 Å². The zero-order valence-electron chi connectivity index (χ0n) is 14.6. The van der Waals surface area contributed by atoms with Crippen LogP contribution in [0.5, 0.6) is 0 Å².